The third kappa shape index (κ3) is 5.32. The maximum atomic E-state index is 4.50. The van der Waals surface area contributed by atoms with E-state index in [0.29, 0.717) is 0 Å². The number of likely N-dealkylation sites (tertiary alicyclic amines) is 1. The molecular weight excluding hydrogens is 342 g/mol. The van der Waals surface area contributed by atoms with Crippen LogP contribution in [0.25, 0.3) is 5.69 Å². The van der Waals surface area contributed by atoms with Crippen molar-refractivity contribution in [2.75, 3.05) is 13.1 Å². The van der Waals surface area contributed by atoms with Gasteiger partial charge in [0.15, 0.2) is 0 Å². The number of piperidine rings is 1. The number of benzene rings is 2. The number of hydrogen-bond acceptors (Lipinski definition) is 2. The highest BCUT2D eigenvalue weighted by Crippen LogP contribution is 2.18. The van der Waals surface area contributed by atoms with Gasteiger partial charge in [0.25, 0.3) is 0 Å². The fraction of sp³-hybridized carbons (Fsp3) is 0.400. The van der Waals surface area contributed by atoms with E-state index in [9.17, 15) is 0 Å². The quantitative estimate of drug-likeness (QED) is 0.584. The molecule has 0 radical (unpaired) electrons. The summed E-state index contributed by atoms with van der Waals surface area (Å²) in [7, 11) is 0. The summed E-state index contributed by atoms with van der Waals surface area (Å²) in [6.07, 6.45) is 2.74. The van der Waals surface area contributed by atoms with Crippen LogP contribution < -0.4 is 0 Å². The summed E-state index contributed by atoms with van der Waals surface area (Å²) in [4.78, 5) is 2.56. The Hall–Kier alpha value is -2.39. The summed E-state index contributed by atoms with van der Waals surface area (Å²) in [6, 6.07) is 21.0. The molecule has 0 saturated carbocycles. The topological polar surface area (TPSA) is 21.1 Å². The van der Waals surface area contributed by atoms with Crippen molar-refractivity contribution in [1.82, 2.24) is 14.7 Å². The molecule has 0 spiro atoms. The van der Waals surface area contributed by atoms with Crippen molar-refractivity contribution in [2.24, 2.45) is 5.92 Å². The van der Waals surface area contributed by atoms with E-state index in [1.54, 1.807) is 0 Å². The minimum absolute atomic E-state index is 0.932. The summed E-state index contributed by atoms with van der Waals surface area (Å²) in [5.41, 5.74) is 6.16. The first-order valence-electron chi connectivity index (χ1n) is 10.4. The first kappa shape index (κ1) is 20.3. The maximum absolute atomic E-state index is 4.50. The second kappa shape index (κ2) is 9.70. The van der Waals surface area contributed by atoms with E-state index in [1.807, 2.05) is 29.8 Å². The number of hydrogen-bond donors (Lipinski definition) is 0. The Morgan fingerprint density at radius 1 is 0.857 bits per heavy atom. The summed E-state index contributed by atoms with van der Waals surface area (Å²) >= 11 is 0. The molecule has 3 aromatic rings. The highest BCUT2D eigenvalue weighted by Gasteiger charge is 2.15. The molecule has 0 unspecified atom stereocenters. The van der Waals surface area contributed by atoms with Gasteiger partial charge >= 0.3 is 0 Å². The molecule has 148 valence electrons. The third-order valence-electron chi connectivity index (χ3n) is 5.78. The molecule has 0 N–H and O–H groups in total. The van der Waals surface area contributed by atoms with Crippen molar-refractivity contribution >= 4 is 0 Å². The van der Waals surface area contributed by atoms with Gasteiger partial charge in [-0.1, -0.05) is 55.5 Å². The van der Waals surface area contributed by atoms with Gasteiger partial charge < -0.3 is 0 Å². The van der Waals surface area contributed by atoms with Crippen molar-refractivity contribution in [1.29, 1.82) is 0 Å². The molecule has 3 heteroatoms. The summed E-state index contributed by atoms with van der Waals surface area (Å²) in [6.45, 7) is 12.3. The lowest BCUT2D eigenvalue weighted by Gasteiger charge is -2.30. The van der Waals surface area contributed by atoms with E-state index >= 15 is 0 Å². The lowest BCUT2D eigenvalue weighted by molar-refractivity contribution is 0.185. The first-order valence-corrected chi connectivity index (χ1v) is 10.4. The van der Waals surface area contributed by atoms with Crippen molar-refractivity contribution in [3.8, 4) is 5.69 Å². The highest BCUT2D eigenvalue weighted by atomic mass is 15.3. The van der Waals surface area contributed by atoms with Crippen molar-refractivity contribution in [3.63, 3.8) is 0 Å². The molecule has 2 aromatic carbocycles. The van der Waals surface area contributed by atoms with Crippen LogP contribution in [0.2, 0.25) is 0 Å². The largest absolute Gasteiger partial charge is 0.299 e. The number of rotatable bonds is 3. The van der Waals surface area contributed by atoms with Crippen LogP contribution in [0.15, 0.2) is 60.7 Å². The van der Waals surface area contributed by atoms with Crippen LogP contribution in [0.3, 0.4) is 0 Å². The van der Waals surface area contributed by atoms with Crippen LogP contribution in [-0.4, -0.2) is 27.8 Å². The van der Waals surface area contributed by atoms with Gasteiger partial charge in [0.2, 0.25) is 0 Å². The lowest BCUT2D eigenvalue weighted by atomic mass is 9.99. The van der Waals surface area contributed by atoms with E-state index < -0.39 is 0 Å². The fourth-order valence-electron chi connectivity index (χ4n) is 3.60. The zero-order valence-corrected chi connectivity index (χ0v) is 17.7. The summed E-state index contributed by atoms with van der Waals surface area (Å²) < 4.78 is 1.99. The van der Waals surface area contributed by atoms with Gasteiger partial charge in [0.1, 0.15) is 0 Å². The van der Waals surface area contributed by atoms with Gasteiger partial charge in [0, 0.05) is 12.2 Å². The summed E-state index contributed by atoms with van der Waals surface area (Å²) in [5.74, 6) is 0.932. The molecule has 28 heavy (non-hydrogen) atoms. The minimum Gasteiger partial charge on any atom is -0.299 e. The van der Waals surface area contributed by atoms with Crippen LogP contribution in [0.5, 0.6) is 0 Å². The lowest BCUT2D eigenvalue weighted by Crippen LogP contribution is -2.32. The molecule has 1 saturated heterocycles. The zero-order chi connectivity index (χ0) is 19.9. The Labute approximate surface area is 170 Å². The monoisotopic (exact) mass is 375 g/mol. The van der Waals surface area contributed by atoms with Crippen molar-refractivity contribution < 1.29 is 0 Å². The van der Waals surface area contributed by atoms with Crippen LogP contribution >= 0.6 is 0 Å². The second-order valence-electron chi connectivity index (χ2n) is 7.99. The molecule has 1 aliphatic rings. The van der Waals surface area contributed by atoms with Gasteiger partial charge in [-0.15, -0.1) is 0 Å². The molecule has 0 amide bonds. The Balaban J connectivity index is 0.000000161. The van der Waals surface area contributed by atoms with Crippen LogP contribution in [0.4, 0.5) is 0 Å². The van der Waals surface area contributed by atoms with Gasteiger partial charge in [-0.25, -0.2) is 4.68 Å². The zero-order valence-electron chi connectivity index (χ0n) is 17.7. The number of aromatic nitrogens is 2. The van der Waals surface area contributed by atoms with E-state index in [1.165, 1.54) is 42.8 Å². The predicted molar refractivity (Wildman–Crippen MR) is 118 cm³/mol. The number of para-hydroxylation sites is 1. The van der Waals surface area contributed by atoms with Crippen molar-refractivity contribution in [2.45, 2.75) is 47.1 Å². The Bertz CT molecular complexity index is 844. The SMILES string of the molecule is CC1CCN(Cc2ccccc2)CC1.Cc1nn(-c2ccccc2)c(C)c1C. The van der Waals surface area contributed by atoms with Crippen LogP contribution in [0.1, 0.15) is 42.3 Å². The normalized spacial score (nSPS) is 15.1. The molecule has 0 atom stereocenters. The molecule has 0 bridgehead atoms. The van der Waals surface area contributed by atoms with Gasteiger partial charge in [-0.05, 0) is 75.9 Å². The molecule has 1 aliphatic heterocycles. The smallest absolute Gasteiger partial charge is 0.0648 e. The van der Waals surface area contributed by atoms with Crippen molar-refractivity contribution in [3.05, 3.63) is 83.2 Å². The Kier molecular flexibility index (Phi) is 7.05. The highest BCUT2D eigenvalue weighted by molar-refractivity contribution is 5.36. The molecular formula is C25H33N3. The maximum Gasteiger partial charge on any atom is 0.0648 e. The fourth-order valence-corrected chi connectivity index (χ4v) is 3.60. The van der Waals surface area contributed by atoms with Crippen LogP contribution in [0, 0.1) is 26.7 Å². The van der Waals surface area contributed by atoms with E-state index in [2.05, 4.69) is 73.2 Å². The predicted octanol–water partition coefficient (Wildman–Crippen LogP) is 5.72. The molecule has 4 rings (SSSR count). The molecule has 3 nitrogen and oxygen atoms in total. The Morgan fingerprint density at radius 2 is 1.43 bits per heavy atom. The standard InChI is InChI=1S/C13H19N.C12H14N2/c1-12-7-9-14(10-8-12)11-13-5-3-2-4-6-13;1-9-10(2)13-14(11(9)3)12-7-5-4-6-8-12/h2-6,12H,7-11H2,1H3;4-8H,1-3H3. The average Bonchev–Trinajstić information content (AvgIpc) is 2.99. The number of aryl methyl sites for hydroxylation is 1. The van der Waals surface area contributed by atoms with Crippen LogP contribution in [-0.2, 0) is 6.54 Å². The van der Waals surface area contributed by atoms with Gasteiger partial charge in [-0.3, -0.25) is 4.90 Å². The number of nitrogens with zero attached hydrogens (tertiary/aromatic N) is 3. The average molecular weight is 376 g/mol. The summed E-state index contributed by atoms with van der Waals surface area (Å²) in [5, 5.41) is 4.50. The second-order valence-corrected chi connectivity index (χ2v) is 7.99. The molecule has 0 aliphatic carbocycles. The molecule has 2 heterocycles. The van der Waals surface area contributed by atoms with E-state index in [4.69, 9.17) is 0 Å². The van der Waals surface area contributed by atoms with E-state index in [-0.39, 0.29) is 0 Å². The van der Waals surface area contributed by atoms with Gasteiger partial charge in [-0.2, -0.15) is 5.10 Å². The molecule has 1 fully saturated rings. The van der Waals surface area contributed by atoms with E-state index in [0.717, 1.165) is 23.8 Å². The minimum atomic E-state index is 0.932. The third-order valence-corrected chi connectivity index (χ3v) is 5.78. The molecule has 1 aromatic heterocycles. The Morgan fingerprint density at radius 3 is 1.96 bits per heavy atom. The van der Waals surface area contributed by atoms with Gasteiger partial charge in [0.05, 0.1) is 11.4 Å². The first-order chi connectivity index (χ1) is 13.5.